The van der Waals surface area contributed by atoms with E-state index in [0.717, 1.165) is 31.2 Å². The number of benzene rings is 1. The lowest BCUT2D eigenvalue weighted by molar-refractivity contribution is -0.135. The molecule has 4 rings (SSSR count). The number of likely N-dealkylation sites (tertiary alicyclic amines) is 1. The molecule has 0 spiro atoms. The number of piperidine rings is 1. The minimum absolute atomic E-state index is 0.00556. The van der Waals surface area contributed by atoms with Crippen molar-refractivity contribution in [2.75, 3.05) is 26.2 Å². The van der Waals surface area contributed by atoms with Gasteiger partial charge >= 0.3 is 0 Å². The van der Waals surface area contributed by atoms with Crippen molar-refractivity contribution in [2.45, 2.75) is 45.1 Å². The molecule has 2 atom stereocenters. The minimum Gasteiger partial charge on any atom is -0.369 e. The number of unbranched alkanes of at least 4 members (excludes halogenated alkanes) is 1. The summed E-state index contributed by atoms with van der Waals surface area (Å²) in [5.74, 6) is -1.04. The molecule has 8 nitrogen and oxygen atoms in total. The zero-order valence-electron chi connectivity index (χ0n) is 18.9. The molecular weight excluding hydrogens is 442 g/mol. The van der Waals surface area contributed by atoms with Crippen molar-refractivity contribution in [1.82, 2.24) is 19.6 Å². The number of halogens is 1. The summed E-state index contributed by atoms with van der Waals surface area (Å²) in [7, 11) is 0. The number of primary amides is 1. The number of aromatic nitrogens is 2. The molecule has 2 aliphatic rings. The second-order valence-corrected chi connectivity index (χ2v) is 9.37. The van der Waals surface area contributed by atoms with Crippen LogP contribution in [-0.2, 0) is 9.59 Å². The summed E-state index contributed by atoms with van der Waals surface area (Å²) in [4.78, 5) is 41.2. The van der Waals surface area contributed by atoms with E-state index < -0.39 is 0 Å². The van der Waals surface area contributed by atoms with Gasteiger partial charge < -0.3 is 15.5 Å². The Hall–Kier alpha value is -2.87. The van der Waals surface area contributed by atoms with Gasteiger partial charge in [0, 0.05) is 30.2 Å². The van der Waals surface area contributed by atoms with Crippen LogP contribution in [0.1, 0.15) is 55.6 Å². The number of fused-ring (bicyclic) bond motifs is 1. The van der Waals surface area contributed by atoms with Crippen LogP contribution in [0.25, 0.3) is 11.3 Å². The van der Waals surface area contributed by atoms with Crippen LogP contribution in [-0.4, -0.2) is 63.5 Å². The number of hydrogen-bond donors (Lipinski definition) is 1. The Bertz CT molecular complexity index is 1040. The van der Waals surface area contributed by atoms with Gasteiger partial charge in [-0.3, -0.25) is 19.1 Å². The molecule has 1 saturated heterocycles. The van der Waals surface area contributed by atoms with Crippen LogP contribution in [0.3, 0.4) is 0 Å². The Morgan fingerprint density at radius 2 is 1.97 bits per heavy atom. The van der Waals surface area contributed by atoms with Gasteiger partial charge in [-0.05, 0) is 37.5 Å². The van der Waals surface area contributed by atoms with Gasteiger partial charge in [0.25, 0.3) is 5.91 Å². The lowest BCUT2D eigenvalue weighted by Crippen LogP contribution is -2.51. The Kier molecular flexibility index (Phi) is 7.02. The molecule has 2 N–H and O–H groups in total. The standard InChI is InChI=1S/C24H30ClN5O3/c1-2-3-6-19-14-29(15-22(31)28-11-4-5-17(13-28)23(26)32)24(33)21-12-20(27-30(19)21)16-7-9-18(25)10-8-16/h7-10,12,17,19H,2-6,11,13-15H2,1H3,(H2,26,32). The van der Waals surface area contributed by atoms with Crippen LogP contribution in [0.15, 0.2) is 30.3 Å². The van der Waals surface area contributed by atoms with Crippen LogP contribution in [0.5, 0.6) is 0 Å². The first-order valence-corrected chi connectivity index (χ1v) is 12.0. The van der Waals surface area contributed by atoms with Gasteiger partial charge in [-0.2, -0.15) is 5.10 Å². The van der Waals surface area contributed by atoms with E-state index in [9.17, 15) is 14.4 Å². The predicted molar refractivity (Wildman–Crippen MR) is 126 cm³/mol. The molecule has 2 aliphatic heterocycles. The van der Waals surface area contributed by atoms with E-state index in [1.165, 1.54) is 0 Å². The summed E-state index contributed by atoms with van der Waals surface area (Å²) in [5.41, 5.74) is 7.55. The highest BCUT2D eigenvalue weighted by atomic mass is 35.5. The number of nitrogens with zero attached hydrogens (tertiary/aromatic N) is 4. The van der Waals surface area contributed by atoms with Gasteiger partial charge in [0.15, 0.2) is 0 Å². The molecule has 0 radical (unpaired) electrons. The van der Waals surface area contributed by atoms with Gasteiger partial charge in [0.2, 0.25) is 11.8 Å². The van der Waals surface area contributed by atoms with Crippen LogP contribution >= 0.6 is 11.6 Å². The molecule has 0 aliphatic carbocycles. The lowest BCUT2D eigenvalue weighted by atomic mass is 9.97. The molecule has 9 heteroatoms. The molecule has 2 unspecified atom stereocenters. The van der Waals surface area contributed by atoms with Crippen LogP contribution in [0, 0.1) is 5.92 Å². The van der Waals surface area contributed by atoms with Crippen molar-refractivity contribution in [3.8, 4) is 11.3 Å². The molecule has 1 fully saturated rings. The smallest absolute Gasteiger partial charge is 0.272 e. The number of nitrogens with two attached hydrogens (primary N) is 1. The number of rotatable bonds is 7. The van der Waals surface area contributed by atoms with Crippen molar-refractivity contribution in [3.63, 3.8) is 0 Å². The topological polar surface area (TPSA) is 102 Å². The van der Waals surface area contributed by atoms with Gasteiger partial charge in [0.05, 0.1) is 17.7 Å². The van der Waals surface area contributed by atoms with E-state index in [4.69, 9.17) is 22.4 Å². The lowest BCUT2D eigenvalue weighted by Gasteiger charge is -2.36. The Morgan fingerprint density at radius 1 is 1.21 bits per heavy atom. The molecule has 3 amide bonds. The summed E-state index contributed by atoms with van der Waals surface area (Å²) in [6.45, 7) is 3.47. The monoisotopic (exact) mass is 471 g/mol. The normalized spacial score (nSPS) is 20.6. The Morgan fingerprint density at radius 3 is 2.67 bits per heavy atom. The molecule has 0 bridgehead atoms. The third-order valence-corrected chi connectivity index (χ3v) is 6.80. The van der Waals surface area contributed by atoms with Crippen molar-refractivity contribution in [2.24, 2.45) is 11.7 Å². The number of carbonyl (C=O) groups is 3. The maximum atomic E-state index is 13.3. The highest BCUT2D eigenvalue weighted by Crippen LogP contribution is 2.30. The van der Waals surface area contributed by atoms with E-state index in [-0.39, 0.29) is 36.2 Å². The summed E-state index contributed by atoms with van der Waals surface area (Å²) in [6, 6.07) is 9.17. The molecule has 3 heterocycles. The van der Waals surface area contributed by atoms with E-state index in [0.29, 0.717) is 42.5 Å². The van der Waals surface area contributed by atoms with Crippen molar-refractivity contribution in [3.05, 3.63) is 41.0 Å². The summed E-state index contributed by atoms with van der Waals surface area (Å²) in [6.07, 6.45) is 4.35. The highest BCUT2D eigenvalue weighted by molar-refractivity contribution is 6.30. The Labute approximate surface area is 198 Å². The zero-order chi connectivity index (χ0) is 23.5. The highest BCUT2D eigenvalue weighted by Gasteiger charge is 2.35. The fraction of sp³-hybridized carbons (Fsp3) is 0.500. The average molecular weight is 472 g/mol. The van der Waals surface area contributed by atoms with Gasteiger partial charge in [-0.15, -0.1) is 0 Å². The fourth-order valence-electron chi connectivity index (χ4n) is 4.66. The molecule has 0 saturated carbocycles. The van der Waals surface area contributed by atoms with Gasteiger partial charge in [0.1, 0.15) is 12.2 Å². The average Bonchev–Trinajstić information content (AvgIpc) is 3.26. The zero-order valence-corrected chi connectivity index (χ0v) is 19.6. The van der Waals surface area contributed by atoms with Crippen LogP contribution in [0.2, 0.25) is 5.02 Å². The third kappa shape index (κ3) is 5.05. The first-order valence-electron chi connectivity index (χ1n) is 11.6. The largest absolute Gasteiger partial charge is 0.369 e. The van der Waals surface area contributed by atoms with E-state index >= 15 is 0 Å². The number of hydrogen-bond acceptors (Lipinski definition) is 4. The van der Waals surface area contributed by atoms with Crippen LogP contribution < -0.4 is 5.73 Å². The third-order valence-electron chi connectivity index (χ3n) is 6.55. The predicted octanol–water partition coefficient (Wildman–Crippen LogP) is 3.11. The Balaban J connectivity index is 1.55. The maximum absolute atomic E-state index is 13.3. The molecule has 2 aromatic rings. The SMILES string of the molecule is CCCCC1CN(CC(=O)N2CCCC(C(N)=O)C2)C(=O)c2cc(-c3ccc(Cl)cc3)nn21. The quantitative estimate of drug-likeness (QED) is 0.670. The number of carbonyl (C=O) groups excluding carboxylic acids is 3. The molecule has 1 aromatic heterocycles. The maximum Gasteiger partial charge on any atom is 0.272 e. The van der Waals surface area contributed by atoms with E-state index in [1.54, 1.807) is 28.0 Å². The second-order valence-electron chi connectivity index (χ2n) is 8.93. The van der Waals surface area contributed by atoms with Gasteiger partial charge in [-0.25, -0.2) is 0 Å². The van der Waals surface area contributed by atoms with Crippen molar-refractivity contribution >= 4 is 29.3 Å². The summed E-state index contributed by atoms with van der Waals surface area (Å²) < 4.78 is 1.83. The molecule has 33 heavy (non-hydrogen) atoms. The first-order chi connectivity index (χ1) is 15.9. The van der Waals surface area contributed by atoms with E-state index in [1.807, 2.05) is 16.8 Å². The van der Waals surface area contributed by atoms with Gasteiger partial charge in [-0.1, -0.05) is 43.5 Å². The summed E-state index contributed by atoms with van der Waals surface area (Å²) in [5, 5.41) is 5.39. The molecular formula is C24H30ClN5O3. The van der Waals surface area contributed by atoms with Crippen LogP contribution in [0.4, 0.5) is 0 Å². The first kappa shape index (κ1) is 23.3. The van der Waals surface area contributed by atoms with Crippen molar-refractivity contribution in [1.29, 1.82) is 0 Å². The van der Waals surface area contributed by atoms with Crippen molar-refractivity contribution < 1.29 is 14.4 Å². The second kappa shape index (κ2) is 9.95. The molecule has 176 valence electrons. The number of amides is 3. The summed E-state index contributed by atoms with van der Waals surface area (Å²) >= 11 is 6.01. The fourth-order valence-corrected chi connectivity index (χ4v) is 4.79. The van der Waals surface area contributed by atoms with E-state index in [2.05, 4.69) is 6.92 Å². The molecule has 1 aromatic carbocycles. The minimum atomic E-state index is -0.375.